The molecule has 0 atom stereocenters. The van der Waals surface area contributed by atoms with Crippen LogP contribution in [0.1, 0.15) is 12.8 Å². The van der Waals surface area contributed by atoms with Crippen molar-refractivity contribution in [3.05, 3.63) is 18.5 Å². The molecule has 0 aliphatic carbocycles. The highest BCUT2D eigenvalue weighted by Crippen LogP contribution is 2.26. The smallest absolute Gasteiger partial charge is 0.325 e. The van der Waals surface area contributed by atoms with E-state index in [1.807, 2.05) is 0 Å². The zero-order valence-electron chi connectivity index (χ0n) is 10.9. The molecule has 104 valence electrons. The van der Waals surface area contributed by atoms with Gasteiger partial charge in [-0.05, 0) is 32.0 Å². The van der Waals surface area contributed by atoms with Gasteiger partial charge in [0.25, 0.3) is 0 Å². The van der Waals surface area contributed by atoms with Crippen molar-refractivity contribution in [1.82, 2.24) is 20.4 Å². The summed E-state index contributed by atoms with van der Waals surface area (Å²) in [5.74, 6) is -0.652. The number of rotatable bonds is 4. The van der Waals surface area contributed by atoms with Gasteiger partial charge >= 0.3 is 5.97 Å². The average molecular weight is 266 g/mol. The van der Waals surface area contributed by atoms with Crippen LogP contribution in [-0.4, -0.2) is 48.4 Å². The summed E-state index contributed by atoms with van der Waals surface area (Å²) < 4.78 is 6.20. The average Bonchev–Trinajstić information content (AvgIpc) is 2.99. The van der Waals surface area contributed by atoms with Crippen LogP contribution in [-0.2, 0) is 19.9 Å². The largest absolute Gasteiger partial charge is 0.468 e. The van der Waals surface area contributed by atoms with Gasteiger partial charge in [-0.2, -0.15) is 5.10 Å². The number of esters is 1. The molecule has 1 aromatic heterocycles. The molecule has 1 aromatic rings. The molecule has 0 saturated carbocycles. The summed E-state index contributed by atoms with van der Waals surface area (Å²) in [7, 11) is 1.29. The fourth-order valence-electron chi connectivity index (χ4n) is 2.31. The lowest BCUT2D eigenvalue weighted by atomic mass is 9.87. The van der Waals surface area contributed by atoms with E-state index >= 15 is 0 Å². The highest BCUT2D eigenvalue weighted by atomic mass is 16.5. The van der Waals surface area contributed by atoms with Crippen molar-refractivity contribution in [2.45, 2.75) is 18.4 Å². The number of carbonyl (C=O) groups excluding carboxylic acids is 2. The Kier molecular flexibility index (Phi) is 4.16. The number of hydrogen-bond donors (Lipinski definition) is 2. The van der Waals surface area contributed by atoms with Crippen LogP contribution in [0, 0.1) is 0 Å². The number of methoxy groups -OCH3 is 1. The first-order valence-corrected chi connectivity index (χ1v) is 6.25. The number of nitrogens with one attached hydrogen (secondary N) is 2. The molecule has 0 spiro atoms. The highest BCUT2D eigenvalue weighted by molar-refractivity contribution is 5.87. The number of ether oxygens (including phenoxy) is 1. The Balaban J connectivity index is 2.14. The molecular weight excluding hydrogens is 248 g/mol. The minimum atomic E-state index is -0.719. The topological polar surface area (TPSA) is 85.2 Å². The van der Waals surface area contributed by atoms with E-state index in [0.717, 1.165) is 13.1 Å². The Morgan fingerprint density at radius 3 is 2.79 bits per heavy atom. The molecule has 0 radical (unpaired) electrons. The van der Waals surface area contributed by atoms with Crippen molar-refractivity contribution in [2.75, 3.05) is 26.7 Å². The van der Waals surface area contributed by atoms with Gasteiger partial charge in [0.15, 0.2) is 0 Å². The van der Waals surface area contributed by atoms with Crippen LogP contribution in [0.3, 0.4) is 0 Å². The zero-order chi connectivity index (χ0) is 13.7. The van der Waals surface area contributed by atoms with Crippen LogP contribution >= 0.6 is 0 Å². The Morgan fingerprint density at radius 1 is 1.47 bits per heavy atom. The summed E-state index contributed by atoms with van der Waals surface area (Å²) in [5, 5.41) is 10.0. The second-order valence-electron chi connectivity index (χ2n) is 4.49. The van der Waals surface area contributed by atoms with E-state index in [1.165, 1.54) is 7.11 Å². The van der Waals surface area contributed by atoms with Gasteiger partial charge in [-0.3, -0.25) is 14.3 Å². The molecule has 7 nitrogen and oxygen atoms in total. The van der Waals surface area contributed by atoms with E-state index < -0.39 is 11.5 Å². The Bertz CT molecular complexity index is 438. The van der Waals surface area contributed by atoms with E-state index in [2.05, 4.69) is 20.5 Å². The third-order valence-corrected chi connectivity index (χ3v) is 3.42. The van der Waals surface area contributed by atoms with Gasteiger partial charge in [-0.25, -0.2) is 0 Å². The molecule has 7 heteroatoms. The molecule has 2 N–H and O–H groups in total. The van der Waals surface area contributed by atoms with Crippen LogP contribution in [0.15, 0.2) is 18.5 Å². The molecular formula is C12H18N4O3. The normalized spacial score (nSPS) is 17.7. The maximum absolute atomic E-state index is 12.4. The van der Waals surface area contributed by atoms with Crippen LogP contribution in [0.2, 0.25) is 0 Å². The second kappa shape index (κ2) is 5.83. The van der Waals surface area contributed by atoms with Crippen LogP contribution < -0.4 is 10.6 Å². The number of carbonyl (C=O) groups is 2. The maximum Gasteiger partial charge on any atom is 0.325 e. The number of aromatic nitrogens is 2. The molecule has 2 heterocycles. The molecule has 19 heavy (non-hydrogen) atoms. The van der Waals surface area contributed by atoms with Gasteiger partial charge in [-0.15, -0.1) is 0 Å². The minimum absolute atomic E-state index is 0.119. The van der Waals surface area contributed by atoms with Gasteiger partial charge in [0.2, 0.25) is 5.91 Å². The SMILES string of the molecule is COC(=O)CNC(=O)C1(n2cccn2)CCNCC1. The first kappa shape index (κ1) is 13.5. The van der Waals surface area contributed by atoms with Crippen molar-refractivity contribution in [1.29, 1.82) is 0 Å². The number of amides is 1. The standard InChI is InChI=1S/C12H18N4O3/c1-19-10(17)9-14-11(18)12(3-6-13-7-4-12)16-8-2-5-15-16/h2,5,8,13H,3-4,6-7,9H2,1H3,(H,14,18). The first-order chi connectivity index (χ1) is 9.19. The molecule has 0 unspecified atom stereocenters. The zero-order valence-corrected chi connectivity index (χ0v) is 10.9. The number of nitrogens with zero attached hydrogens (tertiary/aromatic N) is 2. The van der Waals surface area contributed by atoms with Crippen LogP contribution in [0.4, 0.5) is 0 Å². The molecule has 1 aliphatic heterocycles. The van der Waals surface area contributed by atoms with E-state index in [-0.39, 0.29) is 12.5 Å². The lowest BCUT2D eigenvalue weighted by molar-refractivity contribution is -0.143. The predicted octanol–water partition coefficient (Wildman–Crippen LogP) is -0.749. The Hall–Kier alpha value is -1.89. The van der Waals surface area contributed by atoms with Gasteiger partial charge in [0.1, 0.15) is 12.1 Å². The third-order valence-electron chi connectivity index (χ3n) is 3.42. The minimum Gasteiger partial charge on any atom is -0.468 e. The molecule has 0 aromatic carbocycles. The molecule has 2 rings (SSSR count). The van der Waals surface area contributed by atoms with Gasteiger partial charge in [-0.1, -0.05) is 0 Å². The van der Waals surface area contributed by atoms with E-state index in [1.54, 1.807) is 23.1 Å². The fourth-order valence-corrected chi connectivity index (χ4v) is 2.31. The summed E-state index contributed by atoms with van der Waals surface area (Å²) in [4.78, 5) is 23.5. The van der Waals surface area contributed by atoms with E-state index in [9.17, 15) is 9.59 Å². The van der Waals surface area contributed by atoms with E-state index in [0.29, 0.717) is 12.8 Å². The van der Waals surface area contributed by atoms with Crippen LogP contribution in [0.5, 0.6) is 0 Å². The van der Waals surface area contributed by atoms with Gasteiger partial charge < -0.3 is 15.4 Å². The van der Waals surface area contributed by atoms with Crippen molar-refractivity contribution in [3.8, 4) is 0 Å². The van der Waals surface area contributed by atoms with Crippen molar-refractivity contribution >= 4 is 11.9 Å². The van der Waals surface area contributed by atoms with Crippen molar-refractivity contribution in [3.63, 3.8) is 0 Å². The lowest BCUT2D eigenvalue weighted by Crippen LogP contribution is -2.55. The second-order valence-corrected chi connectivity index (χ2v) is 4.49. The highest BCUT2D eigenvalue weighted by Gasteiger charge is 2.41. The fraction of sp³-hybridized carbons (Fsp3) is 0.583. The predicted molar refractivity (Wildman–Crippen MR) is 67.3 cm³/mol. The molecule has 1 fully saturated rings. The molecule has 0 bridgehead atoms. The molecule has 1 saturated heterocycles. The Morgan fingerprint density at radius 2 is 2.21 bits per heavy atom. The number of hydrogen-bond acceptors (Lipinski definition) is 5. The van der Waals surface area contributed by atoms with Crippen molar-refractivity contribution in [2.24, 2.45) is 0 Å². The Labute approximate surface area is 111 Å². The van der Waals surface area contributed by atoms with Crippen LogP contribution in [0.25, 0.3) is 0 Å². The summed E-state index contributed by atoms with van der Waals surface area (Å²) in [6.45, 7) is 1.36. The molecule has 1 aliphatic rings. The first-order valence-electron chi connectivity index (χ1n) is 6.25. The maximum atomic E-state index is 12.4. The summed E-state index contributed by atoms with van der Waals surface area (Å²) in [6.07, 6.45) is 4.71. The quantitative estimate of drug-likeness (QED) is 0.701. The lowest BCUT2D eigenvalue weighted by Gasteiger charge is -2.36. The summed E-state index contributed by atoms with van der Waals surface area (Å²) >= 11 is 0. The van der Waals surface area contributed by atoms with Gasteiger partial charge in [0.05, 0.1) is 7.11 Å². The molecule has 1 amide bonds. The van der Waals surface area contributed by atoms with Gasteiger partial charge in [0, 0.05) is 12.4 Å². The number of piperidine rings is 1. The summed E-state index contributed by atoms with van der Waals surface area (Å²) in [5.41, 5.74) is -0.719. The summed E-state index contributed by atoms with van der Waals surface area (Å²) in [6, 6.07) is 1.79. The third kappa shape index (κ3) is 2.76. The van der Waals surface area contributed by atoms with Crippen molar-refractivity contribution < 1.29 is 14.3 Å². The van der Waals surface area contributed by atoms with E-state index in [4.69, 9.17) is 0 Å². The monoisotopic (exact) mass is 266 g/mol.